The average molecular weight is 276 g/mol. The first-order valence-electron chi connectivity index (χ1n) is 4.44. The number of nitrogens with two attached hydrogens (primary N) is 1. The quantitative estimate of drug-likeness (QED) is 0.831. The molecule has 1 atom stereocenters. The highest BCUT2D eigenvalue weighted by Gasteiger charge is 2.07. The number of aliphatic hydroxyl groups is 1. The predicted molar refractivity (Wildman–Crippen MR) is 64.6 cm³/mol. The zero-order chi connectivity index (χ0) is 10.6. The lowest BCUT2D eigenvalue weighted by Crippen LogP contribution is -2.06. The average Bonchev–Trinajstić information content (AvgIpc) is 2.14. The van der Waals surface area contributed by atoms with Crippen LogP contribution in [-0.2, 0) is 0 Å². The van der Waals surface area contributed by atoms with E-state index in [0.717, 1.165) is 14.9 Å². The Bertz CT molecular complexity index is 304. The number of benzene rings is 1. The molecule has 3 N–H and O–H groups in total. The smallest absolute Gasteiger partial charge is 0.0525 e. The maximum absolute atomic E-state index is 8.76. The molecular formula is C10H14BrNOS. The van der Waals surface area contributed by atoms with E-state index >= 15 is 0 Å². The molecule has 0 bridgehead atoms. The zero-order valence-corrected chi connectivity index (χ0v) is 10.4. The SMILES string of the molecule is CC(N)c1ccc(Br)cc1SCCO. The molecule has 0 radical (unpaired) electrons. The van der Waals surface area contributed by atoms with E-state index in [2.05, 4.69) is 15.9 Å². The number of hydrogen-bond acceptors (Lipinski definition) is 3. The van der Waals surface area contributed by atoms with Gasteiger partial charge in [-0.2, -0.15) is 0 Å². The molecule has 78 valence electrons. The Labute approximate surface area is 97.0 Å². The molecule has 14 heavy (non-hydrogen) atoms. The normalized spacial score (nSPS) is 12.9. The summed E-state index contributed by atoms with van der Waals surface area (Å²) >= 11 is 5.05. The van der Waals surface area contributed by atoms with Crippen molar-refractivity contribution in [3.8, 4) is 0 Å². The summed E-state index contributed by atoms with van der Waals surface area (Å²) in [4.78, 5) is 1.14. The summed E-state index contributed by atoms with van der Waals surface area (Å²) in [6.45, 7) is 2.15. The van der Waals surface area contributed by atoms with E-state index < -0.39 is 0 Å². The Morgan fingerprint density at radius 1 is 1.57 bits per heavy atom. The summed E-state index contributed by atoms with van der Waals surface area (Å²) in [6.07, 6.45) is 0. The van der Waals surface area contributed by atoms with E-state index in [1.807, 2.05) is 25.1 Å². The van der Waals surface area contributed by atoms with Crippen LogP contribution in [0, 0.1) is 0 Å². The molecule has 0 saturated carbocycles. The highest BCUT2D eigenvalue weighted by Crippen LogP contribution is 2.29. The van der Waals surface area contributed by atoms with Crippen molar-refractivity contribution in [3.05, 3.63) is 28.2 Å². The van der Waals surface area contributed by atoms with Crippen LogP contribution in [0.3, 0.4) is 0 Å². The first-order chi connectivity index (χ1) is 6.65. The first kappa shape index (κ1) is 12.0. The second-order valence-corrected chi connectivity index (χ2v) is 5.10. The van der Waals surface area contributed by atoms with Crippen LogP contribution in [0.5, 0.6) is 0 Å². The van der Waals surface area contributed by atoms with E-state index in [0.29, 0.717) is 5.75 Å². The Kier molecular flexibility index (Phi) is 4.95. The lowest BCUT2D eigenvalue weighted by molar-refractivity contribution is 0.322. The minimum atomic E-state index is 0.0318. The third kappa shape index (κ3) is 3.28. The number of aliphatic hydroxyl groups excluding tert-OH is 1. The summed E-state index contributed by atoms with van der Waals surface area (Å²) in [7, 11) is 0. The van der Waals surface area contributed by atoms with Gasteiger partial charge in [0.2, 0.25) is 0 Å². The van der Waals surface area contributed by atoms with Crippen LogP contribution in [0.15, 0.2) is 27.6 Å². The van der Waals surface area contributed by atoms with Crippen LogP contribution in [-0.4, -0.2) is 17.5 Å². The molecule has 0 aliphatic carbocycles. The summed E-state index contributed by atoms with van der Waals surface area (Å²) in [5.74, 6) is 0.705. The molecule has 0 fully saturated rings. The van der Waals surface area contributed by atoms with Crippen molar-refractivity contribution in [2.75, 3.05) is 12.4 Å². The molecule has 0 aliphatic rings. The van der Waals surface area contributed by atoms with Gasteiger partial charge in [-0.15, -0.1) is 11.8 Å². The topological polar surface area (TPSA) is 46.2 Å². The lowest BCUT2D eigenvalue weighted by Gasteiger charge is -2.12. The van der Waals surface area contributed by atoms with E-state index in [9.17, 15) is 0 Å². The second kappa shape index (κ2) is 5.75. The molecule has 1 unspecified atom stereocenters. The Morgan fingerprint density at radius 3 is 2.86 bits per heavy atom. The minimum absolute atomic E-state index is 0.0318. The van der Waals surface area contributed by atoms with E-state index in [1.54, 1.807) is 11.8 Å². The molecular weight excluding hydrogens is 262 g/mol. The minimum Gasteiger partial charge on any atom is -0.396 e. The maximum Gasteiger partial charge on any atom is 0.0525 e. The van der Waals surface area contributed by atoms with Crippen molar-refractivity contribution in [1.82, 2.24) is 0 Å². The van der Waals surface area contributed by atoms with Gasteiger partial charge in [-0.1, -0.05) is 22.0 Å². The highest BCUT2D eigenvalue weighted by molar-refractivity contribution is 9.10. The second-order valence-electron chi connectivity index (χ2n) is 3.04. The van der Waals surface area contributed by atoms with Crippen LogP contribution in [0.1, 0.15) is 18.5 Å². The summed E-state index contributed by atoms with van der Waals surface area (Å²) in [6, 6.07) is 6.08. The maximum atomic E-state index is 8.76. The van der Waals surface area contributed by atoms with E-state index in [4.69, 9.17) is 10.8 Å². The highest BCUT2D eigenvalue weighted by atomic mass is 79.9. The molecule has 4 heteroatoms. The Hall–Kier alpha value is -0.0300. The van der Waals surface area contributed by atoms with Crippen molar-refractivity contribution in [2.24, 2.45) is 5.73 Å². The fraction of sp³-hybridized carbons (Fsp3) is 0.400. The number of halogens is 1. The van der Waals surface area contributed by atoms with Crippen molar-refractivity contribution < 1.29 is 5.11 Å². The lowest BCUT2D eigenvalue weighted by atomic mass is 10.1. The van der Waals surface area contributed by atoms with Gasteiger partial charge in [0, 0.05) is 21.2 Å². The van der Waals surface area contributed by atoms with Crippen molar-refractivity contribution in [2.45, 2.75) is 17.9 Å². The number of thioether (sulfide) groups is 1. The Balaban J connectivity index is 2.91. The Morgan fingerprint density at radius 2 is 2.29 bits per heavy atom. The van der Waals surface area contributed by atoms with Crippen LogP contribution in [0.4, 0.5) is 0 Å². The van der Waals surface area contributed by atoms with Gasteiger partial charge in [-0.3, -0.25) is 0 Å². The molecule has 0 saturated heterocycles. The summed E-state index contributed by atoms with van der Waals surface area (Å²) in [5, 5.41) is 8.76. The van der Waals surface area contributed by atoms with Gasteiger partial charge in [0.15, 0.2) is 0 Å². The molecule has 0 aliphatic heterocycles. The van der Waals surface area contributed by atoms with Gasteiger partial charge in [-0.25, -0.2) is 0 Å². The molecule has 0 heterocycles. The van der Waals surface area contributed by atoms with Crippen molar-refractivity contribution >= 4 is 27.7 Å². The van der Waals surface area contributed by atoms with Gasteiger partial charge < -0.3 is 10.8 Å². The summed E-state index contributed by atoms with van der Waals surface area (Å²) < 4.78 is 1.04. The fourth-order valence-electron chi connectivity index (χ4n) is 1.16. The monoisotopic (exact) mass is 275 g/mol. The van der Waals surface area contributed by atoms with Crippen molar-refractivity contribution in [1.29, 1.82) is 0 Å². The molecule has 2 nitrogen and oxygen atoms in total. The largest absolute Gasteiger partial charge is 0.396 e. The van der Waals surface area contributed by atoms with Crippen molar-refractivity contribution in [3.63, 3.8) is 0 Å². The third-order valence-corrected chi connectivity index (χ3v) is 3.36. The molecule has 0 amide bonds. The van der Waals surface area contributed by atoms with Crippen LogP contribution in [0.2, 0.25) is 0 Å². The van der Waals surface area contributed by atoms with Gasteiger partial charge in [-0.05, 0) is 24.6 Å². The van der Waals surface area contributed by atoms with Crippen LogP contribution >= 0.6 is 27.7 Å². The van der Waals surface area contributed by atoms with Crippen LogP contribution < -0.4 is 5.73 Å². The zero-order valence-electron chi connectivity index (χ0n) is 8.03. The predicted octanol–water partition coefficient (Wildman–Crippen LogP) is 2.55. The number of rotatable bonds is 4. The molecule has 0 aromatic heterocycles. The first-order valence-corrected chi connectivity index (χ1v) is 6.21. The van der Waals surface area contributed by atoms with Gasteiger partial charge in [0.25, 0.3) is 0 Å². The third-order valence-electron chi connectivity index (χ3n) is 1.82. The summed E-state index contributed by atoms with van der Waals surface area (Å²) in [5.41, 5.74) is 6.98. The van der Waals surface area contributed by atoms with Gasteiger partial charge in [0.1, 0.15) is 0 Å². The molecule has 1 rings (SSSR count). The van der Waals surface area contributed by atoms with Crippen LogP contribution in [0.25, 0.3) is 0 Å². The van der Waals surface area contributed by atoms with Gasteiger partial charge >= 0.3 is 0 Å². The standard InChI is InChI=1S/C10H14BrNOS/c1-7(12)9-3-2-8(11)6-10(9)14-5-4-13/h2-3,6-7,13H,4-5,12H2,1H3. The van der Waals surface area contributed by atoms with Gasteiger partial charge in [0.05, 0.1) is 6.61 Å². The number of hydrogen-bond donors (Lipinski definition) is 2. The molecule has 1 aromatic carbocycles. The molecule has 1 aromatic rings. The fourth-order valence-corrected chi connectivity index (χ4v) is 2.62. The van der Waals surface area contributed by atoms with E-state index in [-0.39, 0.29) is 12.6 Å². The molecule has 0 spiro atoms. The van der Waals surface area contributed by atoms with E-state index in [1.165, 1.54) is 0 Å².